The van der Waals surface area contributed by atoms with Crippen molar-refractivity contribution in [3.05, 3.63) is 53.3 Å². The van der Waals surface area contributed by atoms with Gasteiger partial charge in [-0.25, -0.2) is 4.39 Å². The highest BCUT2D eigenvalue weighted by Crippen LogP contribution is 2.37. The molecule has 0 aliphatic heterocycles. The van der Waals surface area contributed by atoms with Crippen molar-refractivity contribution >= 4 is 0 Å². The second kappa shape index (κ2) is 6.59. The fourth-order valence-corrected chi connectivity index (χ4v) is 2.18. The maximum Gasteiger partial charge on any atom is 0.168 e. The first kappa shape index (κ1) is 15.3. The van der Waals surface area contributed by atoms with E-state index < -0.39 is 0 Å². The van der Waals surface area contributed by atoms with Crippen LogP contribution in [-0.2, 0) is 0 Å². The van der Waals surface area contributed by atoms with Crippen LogP contribution in [0.3, 0.4) is 0 Å². The molecule has 21 heavy (non-hydrogen) atoms. The lowest BCUT2D eigenvalue weighted by atomic mass is 10.1. The maximum absolute atomic E-state index is 14.1. The number of rotatable bonds is 5. The average molecular weight is 289 g/mol. The van der Waals surface area contributed by atoms with Crippen molar-refractivity contribution in [1.82, 2.24) is 5.32 Å². The molecule has 0 amide bonds. The van der Waals surface area contributed by atoms with Gasteiger partial charge in [-0.1, -0.05) is 18.2 Å². The first-order valence-corrected chi connectivity index (χ1v) is 6.85. The first-order chi connectivity index (χ1) is 10.1. The van der Waals surface area contributed by atoms with E-state index in [2.05, 4.69) is 5.32 Å². The van der Waals surface area contributed by atoms with E-state index in [-0.39, 0.29) is 17.6 Å². The lowest BCUT2D eigenvalue weighted by molar-refractivity contribution is 0.388. The van der Waals surface area contributed by atoms with Gasteiger partial charge in [0.2, 0.25) is 0 Å². The zero-order valence-corrected chi connectivity index (χ0v) is 12.7. The fraction of sp³-hybridized carbons (Fsp3) is 0.294. The molecule has 1 N–H and O–H groups in total. The Morgan fingerprint density at radius 2 is 1.67 bits per heavy atom. The summed E-state index contributed by atoms with van der Waals surface area (Å²) in [7, 11) is 3.46. The van der Waals surface area contributed by atoms with Gasteiger partial charge >= 0.3 is 0 Å². The summed E-state index contributed by atoms with van der Waals surface area (Å²) >= 11 is 0. The Morgan fingerprint density at radius 1 is 1.05 bits per heavy atom. The first-order valence-electron chi connectivity index (χ1n) is 6.85. The van der Waals surface area contributed by atoms with E-state index in [1.54, 1.807) is 32.2 Å². The second-order valence-electron chi connectivity index (χ2n) is 4.87. The molecule has 3 nitrogen and oxygen atoms in total. The predicted octanol–water partition coefficient (Wildman–Crippen LogP) is 4.22. The third kappa shape index (κ3) is 3.16. The van der Waals surface area contributed by atoms with Gasteiger partial charge in [0.25, 0.3) is 0 Å². The van der Waals surface area contributed by atoms with E-state index in [9.17, 15) is 4.39 Å². The standard InChI is InChI=1S/C17H20FNO2/c1-11-7-5-10-15(17(11)18)21-14-9-6-8-13(20-4)16(14)12(2)19-3/h5-10,12,19H,1-4H3. The number of methoxy groups -OCH3 is 1. The fourth-order valence-electron chi connectivity index (χ4n) is 2.18. The van der Waals surface area contributed by atoms with Gasteiger partial charge in [0, 0.05) is 6.04 Å². The molecule has 0 spiro atoms. The van der Waals surface area contributed by atoms with E-state index in [1.807, 2.05) is 32.2 Å². The summed E-state index contributed by atoms with van der Waals surface area (Å²) in [6, 6.07) is 10.6. The smallest absolute Gasteiger partial charge is 0.168 e. The van der Waals surface area contributed by atoms with Gasteiger partial charge in [0.15, 0.2) is 11.6 Å². The van der Waals surface area contributed by atoms with E-state index in [1.165, 1.54) is 0 Å². The summed E-state index contributed by atoms with van der Waals surface area (Å²) in [5.41, 5.74) is 1.42. The van der Waals surface area contributed by atoms with Gasteiger partial charge in [0.05, 0.1) is 12.7 Å². The summed E-state index contributed by atoms with van der Waals surface area (Å²) in [6.45, 7) is 3.71. The zero-order valence-electron chi connectivity index (χ0n) is 12.7. The van der Waals surface area contributed by atoms with Crippen molar-refractivity contribution in [2.24, 2.45) is 0 Å². The SMILES string of the molecule is CNC(C)c1c(OC)cccc1Oc1cccc(C)c1F. The molecule has 2 aromatic rings. The molecule has 4 heteroatoms. The van der Waals surface area contributed by atoms with Gasteiger partial charge in [-0.3, -0.25) is 0 Å². The van der Waals surface area contributed by atoms with Crippen molar-refractivity contribution in [3.63, 3.8) is 0 Å². The van der Waals surface area contributed by atoms with Crippen molar-refractivity contribution in [2.45, 2.75) is 19.9 Å². The molecule has 0 saturated heterocycles. The second-order valence-corrected chi connectivity index (χ2v) is 4.87. The van der Waals surface area contributed by atoms with Crippen LogP contribution in [0.25, 0.3) is 0 Å². The van der Waals surface area contributed by atoms with Crippen LogP contribution in [0, 0.1) is 12.7 Å². The number of nitrogens with one attached hydrogen (secondary N) is 1. The molecule has 0 radical (unpaired) electrons. The van der Waals surface area contributed by atoms with Crippen molar-refractivity contribution < 1.29 is 13.9 Å². The van der Waals surface area contributed by atoms with E-state index in [0.717, 1.165) is 5.56 Å². The Bertz CT molecular complexity index is 628. The van der Waals surface area contributed by atoms with Gasteiger partial charge < -0.3 is 14.8 Å². The van der Waals surface area contributed by atoms with E-state index in [4.69, 9.17) is 9.47 Å². The number of hydrogen-bond donors (Lipinski definition) is 1. The lowest BCUT2D eigenvalue weighted by Gasteiger charge is -2.19. The monoisotopic (exact) mass is 289 g/mol. The van der Waals surface area contributed by atoms with Crippen LogP contribution in [0.4, 0.5) is 4.39 Å². The molecule has 2 aromatic carbocycles. The number of hydrogen-bond acceptors (Lipinski definition) is 3. The Morgan fingerprint density at radius 3 is 2.33 bits per heavy atom. The van der Waals surface area contributed by atoms with Crippen LogP contribution < -0.4 is 14.8 Å². The third-order valence-corrected chi connectivity index (χ3v) is 3.49. The van der Waals surface area contributed by atoms with Crippen LogP contribution in [0.15, 0.2) is 36.4 Å². The molecule has 2 rings (SSSR count). The lowest BCUT2D eigenvalue weighted by Crippen LogP contribution is -2.14. The largest absolute Gasteiger partial charge is 0.496 e. The highest BCUT2D eigenvalue weighted by Gasteiger charge is 2.18. The minimum Gasteiger partial charge on any atom is -0.496 e. The molecule has 0 bridgehead atoms. The number of halogens is 1. The van der Waals surface area contributed by atoms with E-state index >= 15 is 0 Å². The number of aryl methyl sites for hydroxylation is 1. The van der Waals surface area contributed by atoms with Crippen LogP contribution in [0.5, 0.6) is 17.2 Å². The molecule has 0 aliphatic carbocycles. The van der Waals surface area contributed by atoms with Crippen LogP contribution in [-0.4, -0.2) is 14.2 Å². The number of ether oxygens (including phenoxy) is 2. The zero-order chi connectivity index (χ0) is 15.4. The summed E-state index contributed by atoms with van der Waals surface area (Å²) < 4.78 is 25.3. The Balaban J connectivity index is 2.46. The summed E-state index contributed by atoms with van der Waals surface area (Å²) in [5, 5.41) is 3.15. The number of benzene rings is 2. The van der Waals surface area contributed by atoms with Crippen molar-refractivity contribution in [3.8, 4) is 17.2 Å². The van der Waals surface area contributed by atoms with Gasteiger partial charge in [-0.05, 0) is 44.7 Å². The molecule has 0 aromatic heterocycles. The highest BCUT2D eigenvalue weighted by molar-refractivity contribution is 5.49. The van der Waals surface area contributed by atoms with Crippen molar-refractivity contribution in [2.75, 3.05) is 14.2 Å². The van der Waals surface area contributed by atoms with Crippen LogP contribution >= 0.6 is 0 Å². The molecule has 112 valence electrons. The molecule has 0 saturated carbocycles. The Hall–Kier alpha value is -2.07. The summed E-state index contributed by atoms with van der Waals surface area (Å²) in [5.74, 6) is 1.17. The Kier molecular flexibility index (Phi) is 4.81. The molecule has 1 unspecified atom stereocenters. The Labute approximate surface area is 124 Å². The van der Waals surface area contributed by atoms with Gasteiger partial charge in [-0.15, -0.1) is 0 Å². The predicted molar refractivity (Wildman–Crippen MR) is 81.7 cm³/mol. The van der Waals surface area contributed by atoms with Gasteiger partial charge in [0.1, 0.15) is 11.5 Å². The minimum atomic E-state index is -0.344. The molecular formula is C17H20FNO2. The average Bonchev–Trinajstić information content (AvgIpc) is 2.50. The molecule has 0 heterocycles. The molecular weight excluding hydrogens is 269 g/mol. The van der Waals surface area contributed by atoms with Crippen LogP contribution in [0.1, 0.15) is 24.1 Å². The quantitative estimate of drug-likeness (QED) is 0.894. The van der Waals surface area contributed by atoms with Crippen molar-refractivity contribution in [1.29, 1.82) is 0 Å². The summed E-state index contributed by atoms with van der Waals surface area (Å²) in [6.07, 6.45) is 0. The molecule has 0 fully saturated rings. The third-order valence-electron chi connectivity index (χ3n) is 3.49. The summed E-state index contributed by atoms with van der Waals surface area (Å²) in [4.78, 5) is 0. The van der Waals surface area contributed by atoms with Crippen LogP contribution in [0.2, 0.25) is 0 Å². The highest BCUT2D eigenvalue weighted by atomic mass is 19.1. The molecule has 1 atom stereocenters. The normalized spacial score (nSPS) is 12.0. The minimum absolute atomic E-state index is 0.0176. The van der Waals surface area contributed by atoms with Gasteiger partial charge in [-0.2, -0.15) is 0 Å². The van der Waals surface area contributed by atoms with E-state index in [0.29, 0.717) is 17.1 Å². The topological polar surface area (TPSA) is 30.5 Å². The maximum atomic E-state index is 14.1. The molecule has 0 aliphatic rings.